The van der Waals surface area contributed by atoms with Gasteiger partial charge in [-0.15, -0.1) is 0 Å². The van der Waals surface area contributed by atoms with E-state index in [1.807, 2.05) is 6.92 Å². The lowest BCUT2D eigenvalue weighted by Crippen LogP contribution is -2.46. The Bertz CT molecular complexity index is 447. The molecular weight excluding hydrogens is 272 g/mol. The average molecular weight is 300 g/mol. The zero-order valence-electron chi connectivity index (χ0n) is 12.6. The van der Waals surface area contributed by atoms with Gasteiger partial charge in [-0.25, -0.2) is 13.1 Å². The maximum Gasteiger partial charge on any atom is 0.215 e. The van der Waals surface area contributed by atoms with Crippen molar-refractivity contribution in [3.8, 4) is 0 Å². The fourth-order valence-corrected chi connectivity index (χ4v) is 5.34. The minimum atomic E-state index is -3.19. The van der Waals surface area contributed by atoms with Crippen LogP contribution in [-0.2, 0) is 10.0 Å². The van der Waals surface area contributed by atoms with E-state index in [1.54, 1.807) is 0 Å². The van der Waals surface area contributed by atoms with Crippen LogP contribution in [0, 0.1) is 17.8 Å². The van der Waals surface area contributed by atoms with Gasteiger partial charge in [-0.05, 0) is 63.7 Å². The Morgan fingerprint density at radius 3 is 2.40 bits per heavy atom. The van der Waals surface area contributed by atoms with Crippen molar-refractivity contribution in [2.24, 2.45) is 17.8 Å². The zero-order chi connectivity index (χ0) is 14.3. The average Bonchev–Trinajstić information content (AvgIpc) is 2.98. The largest absolute Gasteiger partial charge is 0.313 e. The molecule has 3 fully saturated rings. The van der Waals surface area contributed by atoms with Gasteiger partial charge in [0.1, 0.15) is 0 Å². The summed E-state index contributed by atoms with van der Waals surface area (Å²) in [6, 6.07) is 0.661. The second-order valence-electron chi connectivity index (χ2n) is 7.28. The summed E-state index contributed by atoms with van der Waals surface area (Å²) in [5.74, 6) is 2.19. The first kappa shape index (κ1) is 14.8. The Morgan fingerprint density at radius 1 is 1.10 bits per heavy atom. The van der Waals surface area contributed by atoms with Crippen molar-refractivity contribution in [2.45, 2.75) is 69.7 Å². The number of hydrogen-bond acceptors (Lipinski definition) is 3. The molecule has 5 atom stereocenters. The van der Waals surface area contributed by atoms with Crippen LogP contribution < -0.4 is 10.0 Å². The van der Waals surface area contributed by atoms with Crippen molar-refractivity contribution in [1.29, 1.82) is 0 Å². The topological polar surface area (TPSA) is 58.2 Å². The SMILES string of the molecule is CC(NS(=O)(=O)C(C)CNC1CC1)C1CC2CCC1C2. The van der Waals surface area contributed by atoms with Gasteiger partial charge in [0.25, 0.3) is 0 Å². The highest BCUT2D eigenvalue weighted by atomic mass is 32.2. The van der Waals surface area contributed by atoms with Gasteiger partial charge in [-0.3, -0.25) is 0 Å². The van der Waals surface area contributed by atoms with Gasteiger partial charge in [-0.2, -0.15) is 0 Å². The van der Waals surface area contributed by atoms with Crippen LogP contribution in [0.25, 0.3) is 0 Å². The molecule has 0 aromatic rings. The van der Waals surface area contributed by atoms with E-state index in [2.05, 4.69) is 17.0 Å². The molecule has 116 valence electrons. The van der Waals surface area contributed by atoms with Crippen LogP contribution in [0.3, 0.4) is 0 Å². The first-order valence-electron chi connectivity index (χ1n) is 8.20. The van der Waals surface area contributed by atoms with Gasteiger partial charge in [0, 0.05) is 18.6 Å². The second-order valence-corrected chi connectivity index (χ2v) is 9.41. The van der Waals surface area contributed by atoms with Crippen LogP contribution in [0.1, 0.15) is 52.4 Å². The van der Waals surface area contributed by atoms with E-state index in [-0.39, 0.29) is 11.3 Å². The predicted octanol–water partition coefficient (Wildman–Crippen LogP) is 1.87. The maximum absolute atomic E-state index is 12.4. The first-order chi connectivity index (χ1) is 9.45. The summed E-state index contributed by atoms with van der Waals surface area (Å²) in [4.78, 5) is 0. The Labute approximate surface area is 123 Å². The molecule has 3 aliphatic carbocycles. The molecule has 3 aliphatic rings. The van der Waals surface area contributed by atoms with Gasteiger partial charge in [-0.1, -0.05) is 6.42 Å². The third-order valence-corrected chi connectivity index (χ3v) is 7.51. The van der Waals surface area contributed by atoms with Crippen LogP contribution in [0.4, 0.5) is 0 Å². The molecule has 0 aromatic heterocycles. The smallest absolute Gasteiger partial charge is 0.215 e. The maximum atomic E-state index is 12.4. The molecule has 0 saturated heterocycles. The summed E-state index contributed by atoms with van der Waals surface area (Å²) < 4.78 is 27.7. The highest BCUT2D eigenvalue weighted by Gasteiger charge is 2.42. The van der Waals surface area contributed by atoms with Crippen molar-refractivity contribution in [1.82, 2.24) is 10.0 Å². The molecule has 3 saturated carbocycles. The molecule has 0 amide bonds. The minimum absolute atomic E-state index is 0.0960. The molecule has 5 heteroatoms. The minimum Gasteiger partial charge on any atom is -0.313 e. The number of fused-ring (bicyclic) bond motifs is 2. The summed E-state index contributed by atoms with van der Waals surface area (Å²) in [5, 5.41) is 2.97. The van der Waals surface area contributed by atoms with E-state index < -0.39 is 10.0 Å². The Balaban J connectivity index is 1.52. The third-order valence-electron chi connectivity index (χ3n) is 5.59. The van der Waals surface area contributed by atoms with Gasteiger partial charge in [0.2, 0.25) is 10.0 Å². The molecule has 5 unspecified atom stereocenters. The lowest BCUT2D eigenvalue weighted by molar-refractivity contribution is 0.280. The van der Waals surface area contributed by atoms with Gasteiger partial charge < -0.3 is 5.32 Å². The summed E-state index contributed by atoms with van der Waals surface area (Å²) in [6.45, 7) is 4.44. The number of nitrogens with one attached hydrogen (secondary N) is 2. The molecule has 4 nitrogen and oxygen atoms in total. The Hall–Kier alpha value is -0.130. The molecule has 0 aliphatic heterocycles. The Kier molecular flexibility index (Phi) is 4.13. The molecule has 0 aromatic carbocycles. The zero-order valence-corrected chi connectivity index (χ0v) is 13.5. The van der Waals surface area contributed by atoms with E-state index in [1.165, 1.54) is 38.5 Å². The fraction of sp³-hybridized carbons (Fsp3) is 1.00. The molecule has 0 radical (unpaired) electrons. The molecule has 2 bridgehead atoms. The van der Waals surface area contributed by atoms with Crippen LogP contribution in [-0.4, -0.2) is 32.3 Å². The quantitative estimate of drug-likeness (QED) is 0.754. The van der Waals surface area contributed by atoms with E-state index in [0.29, 0.717) is 18.5 Å². The van der Waals surface area contributed by atoms with Gasteiger partial charge in [0.15, 0.2) is 0 Å². The van der Waals surface area contributed by atoms with Gasteiger partial charge in [0.05, 0.1) is 5.25 Å². The van der Waals surface area contributed by atoms with Crippen molar-refractivity contribution in [3.63, 3.8) is 0 Å². The number of hydrogen-bond donors (Lipinski definition) is 2. The number of rotatable bonds is 7. The van der Waals surface area contributed by atoms with Crippen molar-refractivity contribution in [2.75, 3.05) is 6.54 Å². The molecule has 3 rings (SSSR count). The van der Waals surface area contributed by atoms with Crippen LogP contribution in [0.15, 0.2) is 0 Å². The van der Waals surface area contributed by atoms with Crippen molar-refractivity contribution < 1.29 is 8.42 Å². The number of sulfonamides is 1. The van der Waals surface area contributed by atoms with E-state index >= 15 is 0 Å². The van der Waals surface area contributed by atoms with Crippen molar-refractivity contribution >= 4 is 10.0 Å². The Morgan fingerprint density at radius 2 is 1.85 bits per heavy atom. The lowest BCUT2D eigenvalue weighted by atomic mass is 9.84. The molecule has 2 N–H and O–H groups in total. The van der Waals surface area contributed by atoms with Crippen LogP contribution in [0.5, 0.6) is 0 Å². The second kappa shape index (κ2) is 5.58. The normalized spacial score (nSPS) is 36.2. The molecule has 0 spiro atoms. The summed E-state index contributed by atoms with van der Waals surface area (Å²) in [5.41, 5.74) is 0. The highest BCUT2D eigenvalue weighted by molar-refractivity contribution is 7.90. The van der Waals surface area contributed by atoms with Crippen LogP contribution in [0.2, 0.25) is 0 Å². The first-order valence-corrected chi connectivity index (χ1v) is 9.75. The van der Waals surface area contributed by atoms with Gasteiger partial charge >= 0.3 is 0 Å². The van der Waals surface area contributed by atoms with Crippen molar-refractivity contribution in [3.05, 3.63) is 0 Å². The molecule has 20 heavy (non-hydrogen) atoms. The monoisotopic (exact) mass is 300 g/mol. The molecule has 0 heterocycles. The lowest BCUT2D eigenvalue weighted by Gasteiger charge is -2.29. The summed E-state index contributed by atoms with van der Waals surface area (Å²) in [6.07, 6.45) is 7.62. The predicted molar refractivity (Wildman–Crippen MR) is 80.9 cm³/mol. The van der Waals surface area contributed by atoms with E-state index in [9.17, 15) is 8.42 Å². The third kappa shape index (κ3) is 3.20. The fourth-order valence-electron chi connectivity index (χ4n) is 4.10. The highest BCUT2D eigenvalue weighted by Crippen LogP contribution is 2.49. The van der Waals surface area contributed by atoms with E-state index in [0.717, 1.165) is 11.8 Å². The summed E-state index contributed by atoms with van der Waals surface area (Å²) in [7, 11) is -3.19. The standard InChI is InChI=1S/C15H28N2O2S/c1-10(9-16-14-5-6-14)20(18,19)17-11(2)15-8-12-3-4-13(15)7-12/h10-17H,3-9H2,1-2H3. The van der Waals surface area contributed by atoms with E-state index in [4.69, 9.17) is 0 Å². The summed E-state index contributed by atoms with van der Waals surface area (Å²) >= 11 is 0. The molecular formula is C15H28N2O2S. The van der Waals surface area contributed by atoms with Crippen LogP contribution >= 0.6 is 0 Å².